The molecule has 68 heavy (non-hydrogen) atoms. The zero-order valence-corrected chi connectivity index (χ0v) is 36.6. The Morgan fingerprint density at radius 2 is 0.500 bits per heavy atom. The number of aromatic nitrogens is 5. The van der Waals surface area contributed by atoms with Crippen molar-refractivity contribution >= 4 is 86.7 Å². The Balaban J connectivity index is 1.07. The monoisotopic (exact) mass is 863 g/mol. The van der Waals surface area contributed by atoms with E-state index in [0.29, 0.717) is 17.5 Å². The summed E-state index contributed by atoms with van der Waals surface area (Å²) in [4.78, 5) is 26.2. The second kappa shape index (κ2) is 15.2. The van der Waals surface area contributed by atoms with Crippen LogP contribution in [0.15, 0.2) is 224 Å². The van der Waals surface area contributed by atoms with Gasteiger partial charge in [0, 0.05) is 38.2 Å². The third-order valence-electron chi connectivity index (χ3n) is 13.5. The lowest BCUT2D eigenvalue weighted by Crippen LogP contribution is -2.01. The molecule has 11 aromatic carbocycles. The van der Waals surface area contributed by atoms with Gasteiger partial charge in [-0.15, -0.1) is 0 Å². The van der Waals surface area contributed by atoms with E-state index in [9.17, 15) is 0 Å². The molecule has 0 unspecified atom stereocenters. The Morgan fingerprint density at radius 1 is 0.191 bits per heavy atom. The SMILES string of the molecule is c1ccc2nc3ccc(-c4nc(-c5cc(-c6c7ccccc7cc7ccccc67)cc(-c6c7ccccc7cc7ccccc67)c5)nc(-c5ccc6nc7ccccc7cc6c5)n4)cc3cc2c1. The lowest BCUT2D eigenvalue weighted by atomic mass is 9.87. The predicted octanol–water partition coefficient (Wildman–Crippen LogP) is 16.2. The highest BCUT2D eigenvalue weighted by Crippen LogP contribution is 2.44. The summed E-state index contributed by atoms with van der Waals surface area (Å²) in [7, 11) is 0. The van der Waals surface area contributed by atoms with E-state index in [-0.39, 0.29) is 0 Å². The van der Waals surface area contributed by atoms with Crippen LogP contribution in [0.4, 0.5) is 0 Å². The highest BCUT2D eigenvalue weighted by molar-refractivity contribution is 6.16. The number of hydrogen-bond donors (Lipinski definition) is 0. The van der Waals surface area contributed by atoms with Crippen LogP contribution in [-0.2, 0) is 0 Å². The smallest absolute Gasteiger partial charge is 0.164 e. The third kappa shape index (κ3) is 6.36. The molecule has 0 amide bonds. The van der Waals surface area contributed by atoms with Crippen molar-refractivity contribution in [2.45, 2.75) is 0 Å². The highest BCUT2D eigenvalue weighted by atomic mass is 15.0. The first-order chi connectivity index (χ1) is 33.6. The lowest BCUT2D eigenvalue weighted by Gasteiger charge is -2.18. The van der Waals surface area contributed by atoms with E-state index < -0.39 is 0 Å². The van der Waals surface area contributed by atoms with E-state index in [2.05, 4.69) is 212 Å². The molecule has 0 fully saturated rings. The molecule has 0 aliphatic rings. The molecule has 0 saturated heterocycles. The molecule has 0 bridgehead atoms. The van der Waals surface area contributed by atoms with Gasteiger partial charge in [0.1, 0.15) is 0 Å². The number of pyridine rings is 2. The molecule has 0 aliphatic heterocycles. The van der Waals surface area contributed by atoms with Gasteiger partial charge in [0.2, 0.25) is 0 Å². The topological polar surface area (TPSA) is 64.5 Å². The molecule has 5 nitrogen and oxygen atoms in total. The van der Waals surface area contributed by atoms with Gasteiger partial charge in [-0.25, -0.2) is 24.9 Å². The van der Waals surface area contributed by atoms with Gasteiger partial charge < -0.3 is 0 Å². The van der Waals surface area contributed by atoms with Gasteiger partial charge in [0.25, 0.3) is 0 Å². The van der Waals surface area contributed by atoms with E-state index in [0.717, 1.165) is 71.4 Å². The van der Waals surface area contributed by atoms with Crippen molar-refractivity contribution < 1.29 is 0 Å². The first-order valence-electron chi connectivity index (χ1n) is 23.0. The van der Waals surface area contributed by atoms with Gasteiger partial charge in [-0.05, 0) is 156 Å². The quantitative estimate of drug-likeness (QED) is 0.161. The molecule has 5 heteroatoms. The molecular formula is C63H37N5. The largest absolute Gasteiger partial charge is 0.248 e. The van der Waals surface area contributed by atoms with Crippen molar-refractivity contribution in [2.24, 2.45) is 0 Å². The van der Waals surface area contributed by atoms with E-state index in [1.165, 1.54) is 54.2 Å². The molecule has 0 spiro atoms. The van der Waals surface area contributed by atoms with Gasteiger partial charge in [-0.1, -0.05) is 133 Å². The van der Waals surface area contributed by atoms with Crippen LogP contribution in [0.2, 0.25) is 0 Å². The van der Waals surface area contributed by atoms with Gasteiger partial charge >= 0.3 is 0 Å². The zero-order chi connectivity index (χ0) is 44.7. The van der Waals surface area contributed by atoms with E-state index in [1.807, 2.05) is 12.1 Å². The maximum atomic E-state index is 5.44. The van der Waals surface area contributed by atoms with Crippen LogP contribution in [0.5, 0.6) is 0 Å². The van der Waals surface area contributed by atoms with Gasteiger partial charge in [0.05, 0.1) is 22.1 Å². The van der Waals surface area contributed by atoms with Crippen molar-refractivity contribution in [1.82, 2.24) is 24.9 Å². The Kier molecular flexibility index (Phi) is 8.52. The van der Waals surface area contributed by atoms with Crippen LogP contribution < -0.4 is 0 Å². The summed E-state index contributed by atoms with van der Waals surface area (Å²) < 4.78 is 0. The minimum Gasteiger partial charge on any atom is -0.248 e. The number of hydrogen-bond acceptors (Lipinski definition) is 5. The van der Waals surface area contributed by atoms with Crippen LogP contribution in [-0.4, -0.2) is 24.9 Å². The summed E-state index contributed by atoms with van der Waals surface area (Å²) in [6, 6.07) is 79.8. The standard InChI is InChI=1S/C63H37N5/c1-7-19-51-38(13-1)29-39-14-2-8-20-52(39)59(51)48-35-49(60-53-21-9-3-15-40(53)30-41-16-4-10-22-54(41)60)37-50(36-48)63-67-61(44-25-27-57-46(33-44)31-42-17-5-11-23-55(42)64-57)66-62(68-63)45-26-28-58-47(34-45)32-43-18-6-12-24-56(43)65-58/h1-37H. The fraction of sp³-hybridized carbons (Fsp3) is 0. The molecule has 314 valence electrons. The molecule has 3 heterocycles. The molecule has 0 N–H and O–H groups in total. The summed E-state index contributed by atoms with van der Waals surface area (Å²) in [6.45, 7) is 0. The molecule has 3 aromatic heterocycles. The molecule has 0 radical (unpaired) electrons. The van der Waals surface area contributed by atoms with E-state index in [4.69, 9.17) is 24.9 Å². The second-order valence-corrected chi connectivity index (χ2v) is 17.7. The number of fused-ring (bicyclic) bond motifs is 8. The average Bonchev–Trinajstić information content (AvgIpc) is 3.39. The molecular weight excluding hydrogens is 827 g/mol. The molecule has 0 atom stereocenters. The summed E-state index contributed by atoms with van der Waals surface area (Å²) in [5, 5.41) is 13.7. The minimum atomic E-state index is 0.579. The first-order valence-corrected chi connectivity index (χ1v) is 23.0. The fourth-order valence-electron chi connectivity index (χ4n) is 10.3. The van der Waals surface area contributed by atoms with E-state index in [1.54, 1.807) is 0 Å². The lowest BCUT2D eigenvalue weighted by molar-refractivity contribution is 1.08. The van der Waals surface area contributed by atoms with Crippen molar-refractivity contribution in [3.05, 3.63) is 224 Å². The second-order valence-electron chi connectivity index (χ2n) is 17.7. The fourth-order valence-corrected chi connectivity index (χ4v) is 10.3. The predicted molar refractivity (Wildman–Crippen MR) is 283 cm³/mol. The zero-order valence-electron chi connectivity index (χ0n) is 36.6. The Morgan fingerprint density at radius 3 is 0.912 bits per heavy atom. The maximum absolute atomic E-state index is 5.44. The maximum Gasteiger partial charge on any atom is 0.164 e. The van der Waals surface area contributed by atoms with Crippen molar-refractivity contribution in [1.29, 1.82) is 0 Å². The van der Waals surface area contributed by atoms with Crippen LogP contribution in [0.3, 0.4) is 0 Å². The molecule has 14 rings (SSSR count). The Bertz CT molecular complexity index is 4020. The molecule has 14 aromatic rings. The van der Waals surface area contributed by atoms with Crippen molar-refractivity contribution in [3.8, 4) is 56.4 Å². The van der Waals surface area contributed by atoms with Gasteiger partial charge in [-0.3, -0.25) is 0 Å². The number of rotatable bonds is 5. The van der Waals surface area contributed by atoms with Crippen LogP contribution >= 0.6 is 0 Å². The first kappa shape index (κ1) is 38.1. The van der Waals surface area contributed by atoms with Crippen LogP contribution in [0.25, 0.3) is 143 Å². The highest BCUT2D eigenvalue weighted by Gasteiger charge is 2.20. The summed E-state index contributed by atoms with van der Waals surface area (Å²) in [6.07, 6.45) is 0. The van der Waals surface area contributed by atoms with Gasteiger partial charge in [0.15, 0.2) is 17.5 Å². The summed E-state index contributed by atoms with van der Waals surface area (Å²) in [5.41, 5.74) is 10.9. The molecule has 0 saturated carbocycles. The van der Waals surface area contributed by atoms with Crippen LogP contribution in [0.1, 0.15) is 0 Å². The average molecular weight is 864 g/mol. The number of benzene rings is 11. The van der Waals surface area contributed by atoms with Gasteiger partial charge in [-0.2, -0.15) is 0 Å². The van der Waals surface area contributed by atoms with Crippen LogP contribution in [0, 0.1) is 0 Å². The van der Waals surface area contributed by atoms with Crippen molar-refractivity contribution in [2.75, 3.05) is 0 Å². The third-order valence-corrected chi connectivity index (χ3v) is 13.5. The number of para-hydroxylation sites is 2. The summed E-state index contributed by atoms with van der Waals surface area (Å²) in [5.74, 6) is 1.74. The summed E-state index contributed by atoms with van der Waals surface area (Å²) >= 11 is 0. The normalized spacial score (nSPS) is 11.8. The molecule has 0 aliphatic carbocycles. The van der Waals surface area contributed by atoms with Crippen molar-refractivity contribution in [3.63, 3.8) is 0 Å². The minimum absolute atomic E-state index is 0.579. The Labute approximate surface area is 390 Å². The van der Waals surface area contributed by atoms with E-state index >= 15 is 0 Å². The number of nitrogens with zero attached hydrogens (tertiary/aromatic N) is 5. The Hall–Kier alpha value is -9.19.